The number of aromatic nitrogens is 1. The molecule has 0 amide bonds. The average molecular weight is 280 g/mol. The summed E-state index contributed by atoms with van der Waals surface area (Å²) in [6.45, 7) is 2.75. The molecule has 2 aromatic rings. The minimum Gasteiger partial charge on any atom is -0.494 e. The predicted octanol–water partition coefficient (Wildman–Crippen LogP) is 4.16. The molecule has 0 saturated carbocycles. The van der Waals surface area contributed by atoms with Crippen LogP contribution in [0.2, 0.25) is 0 Å². The van der Waals surface area contributed by atoms with Gasteiger partial charge in [-0.3, -0.25) is 4.79 Å². The van der Waals surface area contributed by atoms with Crippen molar-refractivity contribution in [1.82, 2.24) is 4.98 Å². The van der Waals surface area contributed by atoms with Crippen molar-refractivity contribution < 1.29 is 9.53 Å². The number of carbonyl (C=O) groups is 1. The number of carbonyl (C=O) groups excluding carboxylic acids is 1. The number of ether oxygens (including phenoxy) is 1. The molecule has 0 unspecified atom stereocenters. The van der Waals surface area contributed by atoms with Crippen LogP contribution in [0.3, 0.4) is 0 Å². The van der Waals surface area contributed by atoms with Crippen LogP contribution in [-0.4, -0.2) is 23.3 Å². The number of rotatable bonds is 7. The summed E-state index contributed by atoms with van der Waals surface area (Å²) < 4.78 is 5.60. The zero-order chi connectivity index (χ0) is 13.7. The molecule has 0 atom stereocenters. The highest BCUT2D eigenvalue weighted by Gasteiger charge is 2.12. The van der Waals surface area contributed by atoms with E-state index in [9.17, 15) is 4.79 Å². The summed E-state index contributed by atoms with van der Waals surface area (Å²) in [5.74, 6) is 1.44. The van der Waals surface area contributed by atoms with Gasteiger partial charge in [-0.05, 0) is 31.0 Å². The number of benzene rings is 1. The molecular weight excluding hydrogens is 262 g/mol. The number of alkyl halides is 1. The van der Waals surface area contributed by atoms with Crippen LogP contribution in [0.1, 0.15) is 36.5 Å². The van der Waals surface area contributed by atoms with Gasteiger partial charge in [0.1, 0.15) is 5.75 Å². The van der Waals surface area contributed by atoms with E-state index in [1.807, 2.05) is 18.2 Å². The summed E-state index contributed by atoms with van der Waals surface area (Å²) in [5, 5.41) is 0.924. The topological polar surface area (TPSA) is 42.1 Å². The van der Waals surface area contributed by atoms with E-state index in [0.29, 0.717) is 25.3 Å². The lowest BCUT2D eigenvalue weighted by Crippen LogP contribution is -1.98. The Morgan fingerprint density at radius 1 is 1.42 bits per heavy atom. The van der Waals surface area contributed by atoms with Crippen LogP contribution < -0.4 is 4.74 Å². The molecule has 0 aliphatic carbocycles. The highest BCUT2D eigenvalue weighted by Crippen LogP contribution is 2.25. The van der Waals surface area contributed by atoms with Gasteiger partial charge < -0.3 is 9.72 Å². The molecule has 3 nitrogen and oxygen atoms in total. The van der Waals surface area contributed by atoms with Gasteiger partial charge in [-0.15, -0.1) is 11.6 Å². The molecule has 2 rings (SSSR count). The first-order valence-electron chi connectivity index (χ1n) is 6.59. The van der Waals surface area contributed by atoms with E-state index in [-0.39, 0.29) is 5.78 Å². The molecule has 0 saturated heterocycles. The number of hydrogen-bond donors (Lipinski definition) is 1. The van der Waals surface area contributed by atoms with E-state index in [0.717, 1.165) is 28.6 Å². The number of halogens is 1. The van der Waals surface area contributed by atoms with Crippen molar-refractivity contribution in [2.75, 3.05) is 12.5 Å². The first kappa shape index (κ1) is 13.9. The molecule has 0 spiro atoms. The fraction of sp³-hybridized carbons (Fsp3) is 0.400. The van der Waals surface area contributed by atoms with Crippen LogP contribution in [0.15, 0.2) is 24.4 Å². The van der Waals surface area contributed by atoms with Crippen LogP contribution in [0.5, 0.6) is 5.75 Å². The Morgan fingerprint density at radius 2 is 2.26 bits per heavy atom. The van der Waals surface area contributed by atoms with Gasteiger partial charge in [0.15, 0.2) is 5.78 Å². The van der Waals surface area contributed by atoms with Crippen LogP contribution >= 0.6 is 11.6 Å². The molecule has 1 aromatic heterocycles. The maximum atomic E-state index is 12.1. The molecule has 19 heavy (non-hydrogen) atoms. The highest BCUT2D eigenvalue weighted by atomic mass is 35.5. The van der Waals surface area contributed by atoms with Crippen LogP contribution in [-0.2, 0) is 0 Å². The van der Waals surface area contributed by atoms with Crippen molar-refractivity contribution in [3.63, 3.8) is 0 Å². The van der Waals surface area contributed by atoms with Gasteiger partial charge in [0, 0.05) is 35.0 Å². The van der Waals surface area contributed by atoms with Crippen LogP contribution in [0.4, 0.5) is 0 Å². The third-order valence-corrected chi connectivity index (χ3v) is 3.23. The zero-order valence-electron chi connectivity index (χ0n) is 11.0. The molecule has 1 N–H and O–H groups in total. The molecule has 0 aliphatic rings. The summed E-state index contributed by atoms with van der Waals surface area (Å²) in [7, 11) is 0. The van der Waals surface area contributed by atoms with Crippen molar-refractivity contribution in [2.45, 2.75) is 26.2 Å². The monoisotopic (exact) mass is 279 g/mol. The summed E-state index contributed by atoms with van der Waals surface area (Å²) in [5.41, 5.74) is 1.68. The fourth-order valence-electron chi connectivity index (χ4n) is 2.00. The Morgan fingerprint density at radius 3 is 3.00 bits per heavy atom. The largest absolute Gasteiger partial charge is 0.494 e. The normalized spacial score (nSPS) is 10.8. The minimum absolute atomic E-state index is 0.125. The van der Waals surface area contributed by atoms with Crippen molar-refractivity contribution in [3.8, 4) is 5.75 Å². The second kappa shape index (κ2) is 6.62. The number of aromatic amines is 1. The van der Waals surface area contributed by atoms with Gasteiger partial charge in [-0.25, -0.2) is 0 Å². The van der Waals surface area contributed by atoms with E-state index in [1.54, 1.807) is 6.20 Å². The summed E-state index contributed by atoms with van der Waals surface area (Å²) in [6.07, 6.45) is 3.92. The Balaban J connectivity index is 2.26. The number of hydrogen-bond acceptors (Lipinski definition) is 2. The summed E-state index contributed by atoms with van der Waals surface area (Å²) >= 11 is 5.63. The van der Waals surface area contributed by atoms with Gasteiger partial charge in [0.2, 0.25) is 0 Å². The second-order valence-corrected chi connectivity index (χ2v) is 4.85. The minimum atomic E-state index is 0.125. The molecule has 0 fully saturated rings. The Hall–Kier alpha value is -1.48. The summed E-state index contributed by atoms with van der Waals surface area (Å²) in [6, 6.07) is 5.79. The quantitative estimate of drug-likeness (QED) is 0.611. The highest BCUT2D eigenvalue weighted by molar-refractivity contribution is 6.18. The number of Topliss-reactive ketones (excluding diaryl/α,β-unsaturated/α-hetero) is 1. The van der Waals surface area contributed by atoms with Crippen LogP contribution in [0, 0.1) is 0 Å². The van der Waals surface area contributed by atoms with Crippen molar-refractivity contribution in [3.05, 3.63) is 30.0 Å². The number of ketones is 1. The zero-order valence-corrected chi connectivity index (χ0v) is 11.8. The number of nitrogens with one attached hydrogen (secondary N) is 1. The Kier molecular flexibility index (Phi) is 4.86. The van der Waals surface area contributed by atoms with Crippen molar-refractivity contribution >= 4 is 28.3 Å². The smallest absolute Gasteiger partial charge is 0.165 e. The first-order chi connectivity index (χ1) is 9.26. The molecule has 0 radical (unpaired) electrons. The van der Waals surface area contributed by atoms with Crippen molar-refractivity contribution in [2.24, 2.45) is 0 Å². The molecule has 4 heteroatoms. The van der Waals surface area contributed by atoms with Gasteiger partial charge in [0.25, 0.3) is 0 Å². The number of fused-ring (bicyclic) bond motifs is 1. The maximum Gasteiger partial charge on any atom is 0.165 e. The SMILES string of the molecule is CCCOc1ccc2[nH]cc(C(=O)CCCCl)c2c1. The second-order valence-electron chi connectivity index (χ2n) is 4.47. The molecular formula is C15H18ClNO2. The third kappa shape index (κ3) is 3.29. The van der Waals surface area contributed by atoms with Crippen molar-refractivity contribution in [1.29, 1.82) is 0 Å². The lowest BCUT2D eigenvalue weighted by Gasteiger charge is -2.05. The Labute approximate surface area is 117 Å². The van der Waals surface area contributed by atoms with E-state index >= 15 is 0 Å². The molecule has 0 bridgehead atoms. The maximum absolute atomic E-state index is 12.1. The van der Waals surface area contributed by atoms with E-state index in [2.05, 4.69) is 11.9 Å². The van der Waals surface area contributed by atoms with E-state index in [1.165, 1.54) is 0 Å². The molecule has 102 valence electrons. The fourth-order valence-corrected chi connectivity index (χ4v) is 2.14. The standard InChI is InChI=1S/C15H18ClNO2/c1-2-8-19-11-5-6-14-12(9-11)13(10-17-14)15(18)4-3-7-16/h5-6,9-10,17H,2-4,7-8H2,1H3. The van der Waals surface area contributed by atoms with Gasteiger partial charge in [-0.1, -0.05) is 6.92 Å². The Bertz CT molecular complexity index is 562. The first-order valence-corrected chi connectivity index (χ1v) is 7.12. The lowest BCUT2D eigenvalue weighted by atomic mass is 10.1. The summed E-state index contributed by atoms with van der Waals surface area (Å²) in [4.78, 5) is 15.2. The average Bonchev–Trinajstić information content (AvgIpc) is 2.85. The predicted molar refractivity (Wildman–Crippen MR) is 78.4 cm³/mol. The molecule has 1 aromatic carbocycles. The molecule has 0 aliphatic heterocycles. The van der Waals surface area contributed by atoms with Gasteiger partial charge in [-0.2, -0.15) is 0 Å². The molecule has 1 heterocycles. The van der Waals surface area contributed by atoms with Crippen LogP contribution in [0.25, 0.3) is 10.9 Å². The van der Waals surface area contributed by atoms with Gasteiger partial charge in [0.05, 0.1) is 6.61 Å². The van der Waals surface area contributed by atoms with E-state index in [4.69, 9.17) is 16.3 Å². The lowest BCUT2D eigenvalue weighted by molar-refractivity contribution is 0.0983. The number of H-pyrrole nitrogens is 1. The van der Waals surface area contributed by atoms with E-state index < -0.39 is 0 Å². The van der Waals surface area contributed by atoms with Gasteiger partial charge >= 0.3 is 0 Å². The third-order valence-electron chi connectivity index (χ3n) is 2.96.